The smallest absolute Gasteiger partial charge is 0.348 e. The molecule has 3 aromatic heterocycles. The molecule has 0 spiro atoms. The number of pyridine rings is 1. The van der Waals surface area contributed by atoms with Crippen molar-refractivity contribution in [3.05, 3.63) is 87.9 Å². The lowest BCUT2D eigenvalue weighted by Crippen LogP contribution is -2.27. The highest BCUT2D eigenvalue weighted by Crippen LogP contribution is 2.32. The van der Waals surface area contributed by atoms with Crippen molar-refractivity contribution >= 4 is 11.5 Å². The molecule has 0 saturated heterocycles. The Bertz CT molecular complexity index is 1280. The summed E-state index contributed by atoms with van der Waals surface area (Å²) in [5.41, 5.74) is 3.14. The molecule has 1 atom stereocenters. The van der Waals surface area contributed by atoms with Crippen LogP contribution in [0.25, 0.3) is 5.65 Å². The summed E-state index contributed by atoms with van der Waals surface area (Å²) in [6.45, 7) is 6.71. The van der Waals surface area contributed by atoms with Gasteiger partial charge in [-0.25, -0.2) is 19.3 Å². The standard InChI is InChI=1S/C26H32N6O2/c1-26(2,3)22-21(20(33)13-7-11-18-9-5-4-6-10-18)32-24(30-31-25(32)34)23(29-22)28-16-14-19-12-8-15-27-17-19/h4-6,8-10,12,15,17,20,33H,7,11,13-14,16H2,1-3H3,(H,28,29)(H,31,34). The zero-order valence-corrected chi connectivity index (χ0v) is 20.0. The van der Waals surface area contributed by atoms with Crippen LogP contribution in [0.15, 0.2) is 59.7 Å². The predicted octanol–water partition coefficient (Wildman–Crippen LogP) is 3.82. The first-order chi connectivity index (χ1) is 16.3. The number of hydrogen-bond donors (Lipinski definition) is 3. The number of H-pyrrole nitrogens is 1. The van der Waals surface area contributed by atoms with Crippen LogP contribution in [0.4, 0.5) is 5.82 Å². The van der Waals surface area contributed by atoms with Crippen LogP contribution < -0.4 is 11.0 Å². The molecule has 8 nitrogen and oxygen atoms in total. The van der Waals surface area contributed by atoms with Gasteiger partial charge in [-0.2, -0.15) is 0 Å². The maximum absolute atomic E-state index is 12.8. The highest BCUT2D eigenvalue weighted by molar-refractivity contribution is 5.63. The Balaban J connectivity index is 1.62. The summed E-state index contributed by atoms with van der Waals surface area (Å²) >= 11 is 0. The van der Waals surface area contributed by atoms with E-state index in [0.29, 0.717) is 35.8 Å². The number of aliphatic hydroxyl groups excluding tert-OH is 1. The third-order valence-corrected chi connectivity index (χ3v) is 5.83. The molecule has 8 heteroatoms. The van der Waals surface area contributed by atoms with Gasteiger partial charge in [0.25, 0.3) is 0 Å². The number of anilines is 1. The molecule has 0 bridgehead atoms. The van der Waals surface area contributed by atoms with Gasteiger partial charge in [-0.05, 0) is 42.9 Å². The Morgan fingerprint density at radius 2 is 1.85 bits per heavy atom. The Hall–Kier alpha value is -3.52. The number of aromatic nitrogens is 5. The first-order valence-electron chi connectivity index (χ1n) is 11.7. The van der Waals surface area contributed by atoms with Gasteiger partial charge in [0.05, 0.1) is 17.5 Å². The van der Waals surface area contributed by atoms with Crippen molar-refractivity contribution < 1.29 is 5.11 Å². The van der Waals surface area contributed by atoms with Gasteiger partial charge in [0.2, 0.25) is 5.65 Å². The Labute approximate surface area is 199 Å². The summed E-state index contributed by atoms with van der Waals surface area (Å²) in [5.74, 6) is 0.521. The molecule has 178 valence electrons. The molecular weight excluding hydrogens is 428 g/mol. The number of hydrogen-bond acceptors (Lipinski definition) is 6. The van der Waals surface area contributed by atoms with E-state index in [1.54, 1.807) is 6.20 Å². The molecule has 0 amide bonds. The van der Waals surface area contributed by atoms with Crippen LogP contribution in [0.2, 0.25) is 0 Å². The fourth-order valence-corrected chi connectivity index (χ4v) is 4.13. The topological polar surface area (TPSA) is 108 Å². The van der Waals surface area contributed by atoms with Crippen molar-refractivity contribution in [2.24, 2.45) is 0 Å². The first kappa shape index (κ1) is 23.6. The van der Waals surface area contributed by atoms with E-state index in [2.05, 4.69) is 32.6 Å². The predicted molar refractivity (Wildman–Crippen MR) is 133 cm³/mol. The van der Waals surface area contributed by atoms with Crippen LogP contribution in [0, 0.1) is 0 Å². The van der Waals surface area contributed by atoms with Crippen molar-refractivity contribution in [2.75, 3.05) is 11.9 Å². The summed E-state index contributed by atoms with van der Waals surface area (Å²) in [6, 6.07) is 14.1. The first-order valence-corrected chi connectivity index (χ1v) is 11.7. The maximum atomic E-state index is 12.8. The molecule has 0 aliphatic carbocycles. The minimum absolute atomic E-state index is 0.379. The molecule has 1 aromatic carbocycles. The molecule has 1 unspecified atom stereocenters. The normalized spacial score (nSPS) is 12.7. The Morgan fingerprint density at radius 1 is 1.09 bits per heavy atom. The summed E-state index contributed by atoms with van der Waals surface area (Å²) in [7, 11) is 0. The number of aryl methyl sites for hydroxylation is 1. The molecular formula is C26H32N6O2. The van der Waals surface area contributed by atoms with E-state index in [-0.39, 0.29) is 11.1 Å². The zero-order valence-electron chi connectivity index (χ0n) is 20.0. The van der Waals surface area contributed by atoms with Crippen LogP contribution in [0.3, 0.4) is 0 Å². The third kappa shape index (κ3) is 5.34. The zero-order chi connectivity index (χ0) is 24.1. The molecule has 0 saturated carbocycles. The van der Waals surface area contributed by atoms with E-state index in [4.69, 9.17) is 4.98 Å². The van der Waals surface area contributed by atoms with Crippen LogP contribution in [-0.2, 0) is 18.3 Å². The lowest BCUT2D eigenvalue weighted by atomic mass is 9.88. The van der Waals surface area contributed by atoms with Gasteiger partial charge in [0.1, 0.15) is 0 Å². The van der Waals surface area contributed by atoms with Gasteiger partial charge in [-0.3, -0.25) is 4.98 Å². The van der Waals surface area contributed by atoms with E-state index >= 15 is 0 Å². The number of fused-ring (bicyclic) bond motifs is 1. The highest BCUT2D eigenvalue weighted by atomic mass is 16.3. The average molecular weight is 461 g/mol. The fraction of sp³-hybridized carbons (Fsp3) is 0.385. The minimum atomic E-state index is -0.840. The number of benzene rings is 1. The molecule has 0 aliphatic rings. The summed E-state index contributed by atoms with van der Waals surface area (Å²) in [6.07, 6.45) is 5.65. The summed E-state index contributed by atoms with van der Waals surface area (Å²) in [5, 5.41) is 21.3. The molecule has 4 rings (SSSR count). The molecule has 0 aliphatic heterocycles. The van der Waals surface area contributed by atoms with E-state index < -0.39 is 6.10 Å². The molecule has 3 N–H and O–H groups in total. The van der Waals surface area contributed by atoms with Crippen molar-refractivity contribution in [3.8, 4) is 0 Å². The number of rotatable bonds is 9. The lowest BCUT2D eigenvalue weighted by Gasteiger charge is -2.26. The Kier molecular flexibility index (Phi) is 7.07. The van der Waals surface area contributed by atoms with Crippen molar-refractivity contribution in [2.45, 2.75) is 58.0 Å². The van der Waals surface area contributed by atoms with Crippen molar-refractivity contribution in [3.63, 3.8) is 0 Å². The highest BCUT2D eigenvalue weighted by Gasteiger charge is 2.29. The number of aromatic amines is 1. The van der Waals surface area contributed by atoms with Crippen LogP contribution in [-0.4, -0.2) is 36.2 Å². The second-order valence-corrected chi connectivity index (χ2v) is 9.56. The van der Waals surface area contributed by atoms with Crippen molar-refractivity contribution in [1.29, 1.82) is 0 Å². The Morgan fingerprint density at radius 3 is 2.56 bits per heavy atom. The van der Waals surface area contributed by atoms with Gasteiger partial charge >= 0.3 is 5.69 Å². The van der Waals surface area contributed by atoms with Gasteiger partial charge in [0.15, 0.2) is 5.82 Å². The minimum Gasteiger partial charge on any atom is -0.387 e. The third-order valence-electron chi connectivity index (χ3n) is 5.83. The second-order valence-electron chi connectivity index (χ2n) is 9.56. The largest absolute Gasteiger partial charge is 0.387 e. The number of aliphatic hydroxyl groups is 1. The average Bonchev–Trinajstić information content (AvgIpc) is 3.21. The monoisotopic (exact) mass is 460 g/mol. The quantitative estimate of drug-likeness (QED) is 0.350. The van der Waals surface area contributed by atoms with Crippen molar-refractivity contribution in [1.82, 2.24) is 24.6 Å². The van der Waals surface area contributed by atoms with Gasteiger partial charge in [-0.15, -0.1) is 5.10 Å². The van der Waals surface area contributed by atoms with Crippen LogP contribution in [0.1, 0.15) is 62.2 Å². The van der Waals surface area contributed by atoms with Gasteiger partial charge in [0, 0.05) is 24.4 Å². The lowest BCUT2D eigenvalue weighted by molar-refractivity contribution is 0.155. The van der Waals surface area contributed by atoms with Gasteiger partial charge in [-0.1, -0.05) is 57.2 Å². The number of nitrogens with zero attached hydrogens (tertiary/aromatic N) is 4. The summed E-state index contributed by atoms with van der Waals surface area (Å²) in [4.78, 5) is 21.8. The maximum Gasteiger partial charge on any atom is 0.348 e. The SMILES string of the molecule is CC(C)(C)c1nc(NCCc2cccnc2)c2n[nH]c(=O)n2c1C(O)CCCc1ccccc1. The number of nitrogens with one attached hydrogen (secondary N) is 2. The van der Waals surface area contributed by atoms with Crippen LogP contribution in [0.5, 0.6) is 0 Å². The second kappa shape index (κ2) is 10.2. The molecule has 4 aromatic rings. The van der Waals surface area contributed by atoms with E-state index in [1.807, 2.05) is 57.3 Å². The van der Waals surface area contributed by atoms with E-state index in [9.17, 15) is 9.90 Å². The molecule has 3 heterocycles. The van der Waals surface area contributed by atoms with Crippen LogP contribution >= 0.6 is 0 Å². The summed E-state index contributed by atoms with van der Waals surface area (Å²) < 4.78 is 1.48. The molecule has 34 heavy (non-hydrogen) atoms. The molecule has 0 fully saturated rings. The van der Waals surface area contributed by atoms with Gasteiger partial charge < -0.3 is 10.4 Å². The fourth-order valence-electron chi connectivity index (χ4n) is 4.13. The molecule has 0 radical (unpaired) electrons. The van der Waals surface area contributed by atoms with E-state index in [1.165, 1.54) is 9.96 Å². The van der Waals surface area contributed by atoms with E-state index in [0.717, 1.165) is 24.8 Å².